The molecule has 106 valence electrons. The molecule has 0 bridgehead atoms. The molecule has 0 aromatic heterocycles. The van der Waals surface area contributed by atoms with Crippen LogP contribution in [-0.2, 0) is 0 Å². The smallest absolute Gasteiger partial charge is 0.126 e. The summed E-state index contributed by atoms with van der Waals surface area (Å²) in [7, 11) is 0. The van der Waals surface area contributed by atoms with Crippen LogP contribution in [0.5, 0.6) is 0 Å². The summed E-state index contributed by atoms with van der Waals surface area (Å²) >= 11 is 0. The van der Waals surface area contributed by atoms with Gasteiger partial charge in [0.25, 0.3) is 0 Å². The van der Waals surface area contributed by atoms with Gasteiger partial charge >= 0.3 is 0 Å². The van der Waals surface area contributed by atoms with E-state index in [-0.39, 0.29) is 17.6 Å². The maximum Gasteiger partial charge on any atom is 0.126 e. The summed E-state index contributed by atoms with van der Waals surface area (Å²) in [6, 6.07) is 4.27. The van der Waals surface area contributed by atoms with Crippen molar-refractivity contribution in [2.75, 3.05) is 6.54 Å². The zero-order valence-electron chi connectivity index (χ0n) is 11.6. The van der Waals surface area contributed by atoms with Crippen LogP contribution in [0.2, 0.25) is 0 Å². The Kier molecular flexibility index (Phi) is 5.32. The number of rotatable bonds is 4. The highest BCUT2D eigenvalue weighted by Gasteiger charge is 2.23. The van der Waals surface area contributed by atoms with Crippen LogP contribution in [0.1, 0.15) is 56.9 Å². The summed E-state index contributed by atoms with van der Waals surface area (Å²) in [5, 5.41) is 3.53. The topological polar surface area (TPSA) is 12.0 Å². The summed E-state index contributed by atoms with van der Waals surface area (Å²) in [5.74, 6) is -0.450. The van der Waals surface area contributed by atoms with Crippen LogP contribution >= 0.6 is 0 Å². The molecule has 0 amide bonds. The van der Waals surface area contributed by atoms with Crippen molar-refractivity contribution < 1.29 is 8.78 Å². The Hall–Kier alpha value is -0.960. The molecule has 0 saturated heterocycles. The lowest BCUT2D eigenvalue weighted by Crippen LogP contribution is -2.30. The van der Waals surface area contributed by atoms with Gasteiger partial charge in [-0.3, -0.25) is 0 Å². The van der Waals surface area contributed by atoms with E-state index in [1.54, 1.807) is 0 Å². The van der Waals surface area contributed by atoms with E-state index in [0.717, 1.165) is 38.6 Å². The van der Waals surface area contributed by atoms with Gasteiger partial charge < -0.3 is 5.32 Å². The molecule has 0 aliphatic heterocycles. The van der Waals surface area contributed by atoms with Crippen LogP contribution in [0.25, 0.3) is 0 Å². The van der Waals surface area contributed by atoms with E-state index in [1.807, 2.05) is 0 Å². The summed E-state index contributed by atoms with van der Waals surface area (Å²) < 4.78 is 27.2. The second-order valence-corrected chi connectivity index (χ2v) is 5.53. The molecular formula is C16H23F2N. The normalized spacial score (nSPS) is 24.2. The van der Waals surface area contributed by atoms with Gasteiger partial charge in [0.2, 0.25) is 0 Å². The minimum absolute atomic E-state index is 0.146. The van der Waals surface area contributed by atoms with Crippen molar-refractivity contribution in [3.63, 3.8) is 0 Å². The first-order valence-electron chi connectivity index (χ1n) is 7.39. The third kappa shape index (κ3) is 4.00. The Morgan fingerprint density at radius 2 is 2.00 bits per heavy atom. The molecule has 0 heterocycles. The molecular weight excluding hydrogens is 244 g/mol. The van der Waals surface area contributed by atoms with Crippen molar-refractivity contribution in [3.8, 4) is 0 Å². The molecule has 1 N–H and O–H groups in total. The van der Waals surface area contributed by atoms with Gasteiger partial charge in [-0.15, -0.1) is 0 Å². The Labute approximate surface area is 114 Å². The highest BCUT2D eigenvalue weighted by molar-refractivity contribution is 5.23. The van der Waals surface area contributed by atoms with Crippen molar-refractivity contribution >= 4 is 0 Å². The number of hydrogen-bond donors (Lipinski definition) is 1. The first-order chi connectivity index (χ1) is 9.20. The fourth-order valence-corrected chi connectivity index (χ4v) is 3.00. The molecule has 1 aliphatic carbocycles. The fourth-order valence-electron chi connectivity index (χ4n) is 3.00. The summed E-state index contributed by atoms with van der Waals surface area (Å²) in [6.07, 6.45) is 6.41. The average molecular weight is 267 g/mol. The van der Waals surface area contributed by atoms with Crippen LogP contribution in [0.3, 0.4) is 0 Å². The molecule has 1 saturated carbocycles. The van der Waals surface area contributed by atoms with Crippen LogP contribution in [-0.4, -0.2) is 12.6 Å². The van der Waals surface area contributed by atoms with E-state index in [4.69, 9.17) is 0 Å². The van der Waals surface area contributed by atoms with Crippen molar-refractivity contribution in [1.29, 1.82) is 0 Å². The monoisotopic (exact) mass is 267 g/mol. The SMILES string of the molecule is CCCNC1CCCCC(c2cc(F)ccc2F)C1. The average Bonchev–Trinajstić information content (AvgIpc) is 2.64. The lowest BCUT2D eigenvalue weighted by atomic mass is 9.90. The third-order valence-corrected chi connectivity index (χ3v) is 4.01. The largest absolute Gasteiger partial charge is 0.314 e. The Morgan fingerprint density at radius 1 is 1.21 bits per heavy atom. The van der Waals surface area contributed by atoms with Gasteiger partial charge in [-0.2, -0.15) is 0 Å². The molecule has 2 rings (SSSR count). The van der Waals surface area contributed by atoms with Crippen molar-refractivity contribution in [1.82, 2.24) is 5.32 Å². The number of halogens is 2. The zero-order chi connectivity index (χ0) is 13.7. The lowest BCUT2D eigenvalue weighted by molar-refractivity contribution is 0.431. The Morgan fingerprint density at radius 3 is 2.79 bits per heavy atom. The maximum atomic E-state index is 13.9. The minimum Gasteiger partial charge on any atom is -0.314 e. The van der Waals surface area contributed by atoms with E-state index < -0.39 is 0 Å². The molecule has 2 unspecified atom stereocenters. The van der Waals surface area contributed by atoms with Crippen LogP contribution in [0.15, 0.2) is 18.2 Å². The van der Waals surface area contributed by atoms with Gasteiger partial charge in [0.1, 0.15) is 11.6 Å². The van der Waals surface area contributed by atoms with Gasteiger partial charge in [0.15, 0.2) is 0 Å². The maximum absolute atomic E-state index is 13.9. The standard InChI is InChI=1S/C16H23F2N/c1-2-9-19-14-6-4-3-5-12(10-14)15-11-13(17)7-8-16(15)18/h7-8,11-12,14,19H,2-6,9-10H2,1H3. The molecule has 1 aromatic carbocycles. The molecule has 3 heteroatoms. The van der Waals surface area contributed by atoms with Gasteiger partial charge in [-0.05, 0) is 61.9 Å². The first-order valence-corrected chi connectivity index (χ1v) is 7.39. The van der Waals surface area contributed by atoms with Gasteiger partial charge in [0, 0.05) is 6.04 Å². The molecule has 1 nitrogen and oxygen atoms in total. The summed E-state index contributed by atoms with van der Waals surface area (Å²) in [5.41, 5.74) is 0.560. The van der Waals surface area contributed by atoms with Crippen molar-refractivity contribution in [3.05, 3.63) is 35.4 Å². The number of benzene rings is 1. The van der Waals surface area contributed by atoms with Crippen LogP contribution < -0.4 is 5.32 Å². The quantitative estimate of drug-likeness (QED) is 0.798. The number of hydrogen-bond acceptors (Lipinski definition) is 1. The highest BCUT2D eigenvalue weighted by atomic mass is 19.1. The molecule has 19 heavy (non-hydrogen) atoms. The summed E-state index contributed by atoms with van der Waals surface area (Å²) in [6.45, 7) is 3.15. The lowest BCUT2D eigenvalue weighted by Gasteiger charge is -2.22. The van der Waals surface area contributed by atoms with Crippen molar-refractivity contribution in [2.45, 2.75) is 57.4 Å². The Bertz CT molecular complexity index is 406. The van der Waals surface area contributed by atoms with E-state index in [2.05, 4.69) is 12.2 Å². The predicted octanol–water partition coefficient (Wildman–Crippen LogP) is 4.38. The second kappa shape index (κ2) is 6.99. The molecule has 2 atom stereocenters. The molecule has 1 aromatic rings. The van der Waals surface area contributed by atoms with Gasteiger partial charge in [-0.25, -0.2) is 8.78 Å². The van der Waals surface area contributed by atoms with Crippen LogP contribution in [0, 0.1) is 11.6 Å². The second-order valence-electron chi connectivity index (χ2n) is 5.53. The van der Waals surface area contributed by atoms with E-state index in [9.17, 15) is 8.78 Å². The molecule has 1 fully saturated rings. The van der Waals surface area contributed by atoms with E-state index in [0.29, 0.717) is 11.6 Å². The third-order valence-electron chi connectivity index (χ3n) is 4.01. The first kappa shape index (κ1) is 14.4. The molecule has 0 spiro atoms. The van der Waals surface area contributed by atoms with E-state index >= 15 is 0 Å². The summed E-state index contributed by atoms with van der Waals surface area (Å²) in [4.78, 5) is 0. The molecule has 1 aliphatic rings. The van der Waals surface area contributed by atoms with Gasteiger partial charge in [0.05, 0.1) is 0 Å². The molecule has 0 radical (unpaired) electrons. The number of nitrogens with one attached hydrogen (secondary N) is 1. The Balaban J connectivity index is 2.10. The van der Waals surface area contributed by atoms with Crippen molar-refractivity contribution in [2.24, 2.45) is 0 Å². The van der Waals surface area contributed by atoms with Crippen LogP contribution in [0.4, 0.5) is 8.78 Å². The minimum atomic E-state index is -0.335. The van der Waals surface area contributed by atoms with Gasteiger partial charge in [-0.1, -0.05) is 19.8 Å². The zero-order valence-corrected chi connectivity index (χ0v) is 11.6. The fraction of sp³-hybridized carbons (Fsp3) is 0.625. The predicted molar refractivity (Wildman–Crippen MR) is 74.3 cm³/mol. The highest BCUT2D eigenvalue weighted by Crippen LogP contribution is 2.33. The van der Waals surface area contributed by atoms with E-state index in [1.165, 1.54) is 24.6 Å².